The molecule has 0 saturated heterocycles. The van der Waals surface area contributed by atoms with Crippen LogP contribution in [-0.2, 0) is 4.74 Å². The molecule has 1 saturated carbocycles. The number of rotatable bonds is 6. The Labute approximate surface area is 276 Å². The van der Waals surface area contributed by atoms with Gasteiger partial charge in [-0.3, -0.25) is 4.79 Å². The van der Waals surface area contributed by atoms with Gasteiger partial charge >= 0.3 is 5.97 Å². The number of hydrogen-bond donors (Lipinski definition) is 1. The average Bonchev–Trinajstić information content (AvgIpc) is 3.08. The van der Waals surface area contributed by atoms with Crippen LogP contribution in [0.4, 0.5) is 0 Å². The molecule has 6 nitrogen and oxygen atoms in total. The topological polar surface area (TPSA) is 81.2 Å². The number of carbonyl (C=O) groups is 2. The van der Waals surface area contributed by atoms with Crippen LogP contribution in [0, 0.1) is 0 Å². The maximum Gasteiger partial charge on any atom is 0.339 e. The molecule has 0 atom stereocenters. The van der Waals surface area contributed by atoms with Crippen LogP contribution in [0.15, 0.2) is 109 Å². The summed E-state index contributed by atoms with van der Waals surface area (Å²) in [4.78, 5) is 36.8. The van der Waals surface area contributed by atoms with Gasteiger partial charge in [0.25, 0.3) is 5.91 Å². The van der Waals surface area contributed by atoms with Gasteiger partial charge in [-0.15, -0.1) is 0 Å². The van der Waals surface area contributed by atoms with Gasteiger partial charge in [-0.1, -0.05) is 96.0 Å². The fourth-order valence-electron chi connectivity index (χ4n) is 6.12. The van der Waals surface area contributed by atoms with Crippen molar-refractivity contribution in [3.8, 4) is 22.5 Å². The number of nitrogens with one attached hydrogen (secondary N) is 1. The van der Waals surface area contributed by atoms with Crippen molar-refractivity contribution in [1.29, 1.82) is 0 Å². The summed E-state index contributed by atoms with van der Waals surface area (Å²) in [6.07, 6.45) is 2.39. The van der Waals surface area contributed by atoms with E-state index in [1.54, 1.807) is 12.1 Å². The second-order valence-electron chi connectivity index (χ2n) is 11.5. The predicted molar refractivity (Wildman–Crippen MR) is 183 cm³/mol. The lowest BCUT2D eigenvalue weighted by Crippen LogP contribution is -2.39. The van der Waals surface area contributed by atoms with Gasteiger partial charge in [0, 0.05) is 38.0 Å². The third-order valence-electron chi connectivity index (χ3n) is 8.48. The number of pyridine rings is 2. The van der Waals surface area contributed by atoms with Crippen molar-refractivity contribution >= 4 is 56.9 Å². The predicted octanol–water partition coefficient (Wildman–Crippen LogP) is 9.32. The number of nitrogens with zero attached hydrogens (tertiary/aromatic N) is 2. The molecular formula is C38H29Cl2N3O3. The Morgan fingerprint density at radius 1 is 0.630 bits per heavy atom. The number of amides is 1. The van der Waals surface area contributed by atoms with E-state index >= 15 is 0 Å². The van der Waals surface area contributed by atoms with Crippen molar-refractivity contribution < 1.29 is 14.3 Å². The molecule has 228 valence electrons. The Hall–Kier alpha value is -4.78. The Bertz CT molecular complexity index is 1960. The van der Waals surface area contributed by atoms with E-state index in [-0.39, 0.29) is 18.1 Å². The van der Waals surface area contributed by atoms with Crippen molar-refractivity contribution in [2.45, 2.75) is 37.8 Å². The summed E-state index contributed by atoms with van der Waals surface area (Å²) in [6.45, 7) is 0. The lowest BCUT2D eigenvalue weighted by atomic mass is 9.92. The van der Waals surface area contributed by atoms with Crippen LogP contribution in [0.3, 0.4) is 0 Å². The third kappa shape index (κ3) is 6.06. The standard InChI is InChI=1S/C38H29Cl2N3O3/c39-31-13-5-1-11-27(31)35-21-29(25-9-3-7-15-33(25)42-35)37(44)41-23-17-19-24(20-18-23)46-38(45)30-22-36(28-12-2-6-14-32(28)40)43-34-16-8-4-10-26(30)34/h1-16,21-24H,17-20H2,(H,41,44). The highest BCUT2D eigenvalue weighted by Crippen LogP contribution is 2.32. The average molecular weight is 647 g/mol. The molecule has 1 fully saturated rings. The van der Waals surface area contributed by atoms with Crippen molar-refractivity contribution in [2.75, 3.05) is 0 Å². The zero-order valence-electron chi connectivity index (χ0n) is 24.8. The smallest absolute Gasteiger partial charge is 0.339 e. The van der Waals surface area contributed by atoms with Gasteiger partial charge in [-0.05, 0) is 62.1 Å². The molecule has 2 aromatic heterocycles. The van der Waals surface area contributed by atoms with Gasteiger partial charge in [0.05, 0.1) is 33.5 Å². The van der Waals surface area contributed by atoms with Crippen LogP contribution in [0.5, 0.6) is 0 Å². The van der Waals surface area contributed by atoms with Crippen molar-refractivity contribution in [2.24, 2.45) is 0 Å². The quantitative estimate of drug-likeness (QED) is 0.183. The lowest BCUT2D eigenvalue weighted by molar-refractivity contribution is 0.0186. The minimum Gasteiger partial charge on any atom is -0.459 e. The van der Waals surface area contributed by atoms with E-state index in [4.69, 9.17) is 37.9 Å². The molecule has 2 heterocycles. The summed E-state index contributed by atoms with van der Waals surface area (Å²) in [6, 6.07) is 33.6. The second kappa shape index (κ2) is 12.9. The minimum atomic E-state index is -0.394. The Kier molecular flexibility index (Phi) is 8.39. The zero-order valence-corrected chi connectivity index (χ0v) is 26.3. The van der Waals surface area contributed by atoms with Gasteiger partial charge in [0.1, 0.15) is 6.10 Å². The zero-order chi connectivity index (χ0) is 31.6. The fraction of sp³-hybridized carbons (Fsp3) is 0.158. The molecule has 6 aromatic rings. The molecule has 0 aliphatic heterocycles. The number of benzene rings is 4. The molecule has 0 bridgehead atoms. The third-order valence-corrected chi connectivity index (χ3v) is 9.14. The van der Waals surface area contributed by atoms with E-state index in [9.17, 15) is 9.59 Å². The fourth-order valence-corrected chi connectivity index (χ4v) is 6.59. The highest BCUT2D eigenvalue weighted by Gasteiger charge is 2.27. The first-order valence-electron chi connectivity index (χ1n) is 15.3. The van der Waals surface area contributed by atoms with E-state index in [0.717, 1.165) is 27.4 Å². The summed E-state index contributed by atoms with van der Waals surface area (Å²) in [5.74, 6) is -0.558. The molecule has 1 aliphatic carbocycles. The highest BCUT2D eigenvalue weighted by molar-refractivity contribution is 6.33. The maximum absolute atomic E-state index is 13.7. The first-order valence-corrected chi connectivity index (χ1v) is 16.0. The van der Waals surface area contributed by atoms with Gasteiger partial charge < -0.3 is 10.1 Å². The van der Waals surface area contributed by atoms with Crippen molar-refractivity contribution in [3.05, 3.63) is 130 Å². The van der Waals surface area contributed by atoms with Crippen LogP contribution in [0.25, 0.3) is 44.3 Å². The van der Waals surface area contributed by atoms with Crippen LogP contribution in [0.1, 0.15) is 46.4 Å². The van der Waals surface area contributed by atoms with Gasteiger partial charge in [0.2, 0.25) is 0 Å². The van der Waals surface area contributed by atoms with Crippen LogP contribution < -0.4 is 5.32 Å². The second-order valence-corrected chi connectivity index (χ2v) is 12.3. The van der Waals surface area contributed by atoms with Gasteiger partial charge in [-0.25, -0.2) is 14.8 Å². The van der Waals surface area contributed by atoms with E-state index in [0.29, 0.717) is 63.8 Å². The molecule has 0 unspecified atom stereocenters. The summed E-state index contributed by atoms with van der Waals surface area (Å²) in [5, 5.41) is 5.86. The monoisotopic (exact) mass is 645 g/mol. The number of aromatic nitrogens is 2. The summed E-state index contributed by atoms with van der Waals surface area (Å²) < 4.78 is 6.04. The summed E-state index contributed by atoms with van der Waals surface area (Å²) in [7, 11) is 0. The summed E-state index contributed by atoms with van der Waals surface area (Å²) in [5.41, 5.74) is 5.20. The number of hydrogen-bond acceptors (Lipinski definition) is 5. The molecule has 1 amide bonds. The molecular weight excluding hydrogens is 617 g/mol. The van der Waals surface area contributed by atoms with Crippen molar-refractivity contribution in [1.82, 2.24) is 15.3 Å². The molecule has 0 spiro atoms. The Morgan fingerprint density at radius 2 is 1.11 bits per heavy atom. The van der Waals surface area contributed by atoms with E-state index in [1.165, 1.54) is 0 Å². The SMILES string of the molecule is O=C(NC1CCC(OC(=O)c2cc(-c3ccccc3Cl)nc3ccccc23)CC1)c1cc(-c2ccccc2Cl)nc2ccccc12. The number of ether oxygens (including phenoxy) is 1. The van der Waals surface area contributed by atoms with Gasteiger partial charge in [0.15, 0.2) is 0 Å². The largest absolute Gasteiger partial charge is 0.459 e. The van der Waals surface area contributed by atoms with E-state index in [1.807, 2.05) is 97.1 Å². The van der Waals surface area contributed by atoms with Crippen LogP contribution in [0.2, 0.25) is 10.0 Å². The molecule has 7 rings (SSSR count). The number of halogens is 2. The maximum atomic E-state index is 13.7. The lowest BCUT2D eigenvalue weighted by Gasteiger charge is -2.29. The van der Waals surface area contributed by atoms with Crippen LogP contribution >= 0.6 is 23.2 Å². The molecule has 0 radical (unpaired) electrons. The normalized spacial score (nSPS) is 16.3. The number of fused-ring (bicyclic) bond motifs is 2. The van der Waals surface area contributed by atoms with E-state index < -0.39 is 5.97 Å². The summed E-state index contributed by atoms with van der Waals surface area (Å²) >= 11 is 12.9. The first-order chi connectivity index (χ1) is 22.4. The molecule has 8 heteroatoms. The number of esters is 1. The van der Waals surface area contributed by atoms with Gasteiger partial charge in [-0.2, -0.15) is 0 Å². The minimum absolute atomic E-state index is 0.0493. The molecule has 4 aromatic carbocycles. The molecule has 1 aliphatic rings. The number of carbonyl (C=O) groups excluding carboxylic acids is 2. The van der Waals surface area contributed by atoms with Crippen LogP contribution in [-0.4, -0.2) is 34.0 Å². The first kappa shape index (κ1) is 29.9. The van der Waals surface area contributed by atoms with Crippen molar-refractivity contribution in [3.63, 3.8) is 0 Å². The molecule has 46 heavy (non-hydrogen) atoms. The Balaban J connectivity index is 1.06. The van der Waals surface area contributed by atoms with E-state index in [2.05, 4.69) is 5.32 Å². The molecule has 1 N–H and O–H groups in total. The number of para-hydroxylation sites is 2. The highest BCUT2D eigenvalue weighted by atomic mass is 35.5. The Morgan fingerprint density at radius 3 is 1.67 bits per heavy atom.